The van der Waals surface area contributed by atoms with Crippen LogP contribution in [0, 0.1) is 4.91 Å². The second kappa shape index (κ2) is 5.95. The predicted octanol–water partition coefficient (Wildman–Crippen LogP) is 3.29. The van der Waals surface area contributed by atoms with Crippen LogP contribution in [0.2, 0.25) is 0 Å². The number of benzene rings is 1. The average Bonchev–Trinajstić information content (AvgIpc) is 2.92. The number of pyridine rings is 1. The normalized spacial score (nSPS) is 10.8. The lowest BCUT2D eigenvalue weighted by Crippen LogP contribution is -1.94. The molecule has 2 heterocycles. The van der Waals surface area contributed by atoms with E-state index in [4.69, 9.17) is 4.74 Å². The molecule has 0 unspecified atom stereocenters. The van der Waals surface area contributed by atoms with Gasteiger partial charge in [-0.05, 0) is 41.9 Å². The molecule has 0 saturated carbocycles. The highest BCUT2D eigenvalue weighted by Crippen LogP contribution is 2.36. The molecule has 0 saturated heterocycles. The molecule has 0 aliphatic heterocycles. The summed E-state index contributed by atoms with van der Waals surface area (Å²) in [6.45, 7) is 2.33. The maximum atomic E-state index is 11.3. The van der Waals surface area contributed by atoms with Gasteiger partial charge in [0, 0.05) is 11.8 Å². The third-order valence-corrected chi connectivity index (χ3v) is 3.38. The van der Waals surface area contributed by atoms with Crippen molar-refractivity contribution < 1.29 is 9.84 Å². The zero-order valence-corrected chi connectivity index (χ0v) is 12.1. The van der Waals surface area contributed by atoms with E-state index in [1.54, 1.807) is 22.7 Å². The van der Waals surface area contributed by atoms with Gasteiger partial charge in [-0.25, -0.2) is 4.98 Å². The van der Waals surface area contributed by atoms with Gasteiger partial charge < -0.3 is 9.84 Å². The standard InChI is InChI=1S/C16H15N3O3/c1-2-22-13-6-4-3-5-12(13)15-16(18-21)19-8-7-11(10-20)9-14(19)17-15/h3-9,20H,2,10H2,1H3. The molecule has 0 spiro atoms. The first-order valence-corrected chi connectivity index (χ1v) is 6.96. The number of hydrogen-bond donors (Lipinski definition) is 1. The van der Waals surface area contributed by atoms with E-state index >= 15 is 0 Å². The highest BCUT2D eigenvalue weighted by atomic mass is 16.5. The second-order valence-corrected chi connectivity index (χ2v) is 4.73. The molecule has 0 atom stereocenters. The first-order chi connectivity index (χ1) is 10.8. The van der Waals surface area contributed by atoms with Crippen molar-refractivity contribution in [2.45, 2.75) is 13.5 Å². The van der Waals surface area contributed by atoms with Crippen LogP contribution in [-0.2, 0) is 6.61 Å². The maximum absolute atomic E-state index is 11.3. The van der Waals surface area contributed by atoms with E-state index in [-0.39, 0.29) is 12.4 Å². The van der Waals surface area contributed by atoms with Crippen molar-refractivity contribution in [3.8, 4) is 17.0 Å². The number of imidazole rings is 1. The van der Waals surface area contributed by atoms with Crippen LogP contribution in [0.25, 0.3) is 16.9 Å². The Bertz CT molecular complexity index is 827. The van der Waals surface area contributed by atoms with Crippen LogP contribution < -0.4 is 4.74 Å². The lowest BCUT2D eigenvalue weighted by atomic mass is 10.1. The van der Waals surface area contributed by atoms with Gasteiger partial charge in [0.1, 0.15) is 17.1 Å². The minimum Gasteiger partial charge on any atom is -0.493 e. The Balaban J connectivity index is 2.24. The van der Waals surface area contributed by atoms with Crippen LogP contribution in [0.3, 0.4) is 0 Å². The van der Waals surface area contributed by atoms with Crippen LogP contribution in [0.5, 0.6) is 5.75 Å². The lowest BCUT2D eigenvalue weighted by molar-refractivity contribution is 0.282. The van der Waals surface area contributed by atoms with Crippen molar-refractivity contribution in [3.63, 3.8) is 0 Å². The van der Waals surface area contributed by atoms with Crippen molar-refractivity contribution in [1.82, 2.24) is 9.38 Å². The number of hydrogen-bond acceptors (Lipinski definition) is 5. The van der Waals surface area contributed by atoms with Crippen molar-refractivity contribution in [2.75, 3.05) is 6.61 Å². The number of nitroso groups, excluding NO2 is 1. The maximum Gasteiger partial charge on any atom is 0.209 e. The number of fused-ring (bicyclic) bond motifs is 1. The van der Waals surface area contributed by atoms with Gasteiger partial charge in [0.2, 0.25) is 5.82 Å². The molecule has 6 nitrogen and oxygen atoms in total. The van der Waals surface area contributed by atoms with E-state index in [0.29, 0.717) is 29.3 Å². The number of aliphatic hydroxyl groups excluding tert-OH is 1. The molecule has 112 valence electrons. The van der Waals surface area contributed by atoms with Crippen molar-refractivity contribution in [3.05, 3.63) is 53.1 Å². The molecule has 0 amide bonds. The van der Waals surface area contributed by atoms with Gasteiger partial charge in [0.25, 0.3) is 0 Å². The molecular weight excluding hydrogens is 282 g/mol. The molecule has 2 aromatic heterocycles. The summed E-state index contributed by atoms with van der Waals surface area (Å²) in [4.78, 5) is 15.8. The fraction of sp³-hybridized carbons (Fsp3) is 0.188. The van der Waals surface area contributed by atoms with Crippen molar-refractivity contribution in [1.29, 1.82) is 0 Å². The summed E-state index contributed by atoms with van der Waals surface area (Å²) in [5.74, 6) is 0.868. The van der Waals surface area contributed by atoms with Crippen molar-refractivity contribution >= 4 is 11.5 Å². The molecule has 1 aromatic carbocycles. The SMILES string of the molecule is CCOc1ccccc1-c1nc2cc(CO)ccn2c1N=O. The minimum absolute atomic E-state index is 0.0852. The number of rotatable bonds is 5. The third kappa shape index (κ3) is 2.33. The summed E-state index contributed by atoms with van der Waals surface area (Å²) >= 11 is 0. The minimum atomic E-state index is -0.0852. The number of nitrogens with zero attached hydrogens (tertiary/aromatic N) is 3. The Morgan fingerprint density at radius 1 is 1.32 bits per heavy atom. The van der Waals surface area contributed by atoms with Crippen LogP contribution in [-0.4, -0.2) is 21.1 Å². The zero-order valence-electron chi connectivity index (χ0n) is 12.1. The van der Waals surface area contributed by atoms with E-state index in [9.17, 15) is 10.0 Å². The lowest BCUT2D eigenvalue weighted by Gasteiger charge is -2.07. The summed E-state index contributed by atoms with van der Waals surface area (Å²) in [5.41, 5.74) is 2.46. The summed E-state index contributed by atoms with van der Waals surface area (Å²) in [6, 6.07) is 10.8. The molecule has 22 heavy (non-hydrogen) atoms. The molecule has 0 radical (unpaired) electrons. The molecule has 0 fully saturated rings. The molecular formula is C16H15N3O3. The summed E-state index contributed by atoms with van der Waals surface area (Å²) in [6.07, 6.45) is 1.68. The Morgan fingerprint density at radius 2 is 2.14 bits per heavy atom. The summed E-state index contributed by atoms with van der Waals surface area (Å²) < 4.78 is 7.20. The van der Waals surface area contributed by atoms with E-state index in [0.717, 1.165) is 5.56 Å². The summed E-state index contributed by atoms with van der Waals surface area (Å²) in [7, 11) is 0. The van der Waals surface area contributed by atoms with Gasteiger partial charge in [-0.3, -0.25) is 4.40 Å². The molecule has 3 rings (SSSR count). The highest BCUT2D eigenvalue weighted by molar-refractivity contribution is 5.78. The number of para-hydroxylation sites is 1. The van der Waals surface area contributed by atoms with Gasteiger partial charge in [-0.2, -0.15) is 0 Å². The van der Waals surface area contributed by atoms with Crippen LogP contribution >= 0.6 is 0 Å². The van der Waals surface area contributed by atoms with Crippen LogP contribution in [0.1, 0.15) is 12.5 Å². The molecule has 6 heteroatoms. The fourth-order valence-corrected chi connectivity index (χ4v) is 2.38. The number of ether oxygens (including phenoxy) is 1. The summed E-state index contributed by atoms with van der Waals surface area (Å²) in [5, 5.41) is 12.3. The third-order valence-electron chi connectivity index (χ3n) is 3.38. The highest BCUT2D eigenvalue weighted by Gasteiger charge is 2.18. The Morgan fingerprint density at radius 3 is 2.86 bits per heavy atom. The van der Waals surface area contributed by atoms with Gasteiger partial charge in [-0.15, -0.1) is 4.91 Å². The van der Waals surface area contributed by atoms with Gasteiger partial charge in [0.15, 0.2) is 0 Å². The second-order valence-electron chi connectivity index (χ2n) is 4.73. The zero-order chi connectivity index (χ0) is 15.5. The Hall–Kier alpha value is -2.73. The van der Waals surface area contributed by atoms with E-state index in [2.05, 4.69) is 10.2 Å². The Kier molecular flexibility index (Phi) is 3.84. The number of aromatic nitrogens is 2. The smallest absolute Gasteiger partial charge is 0.209 e. The molecule has 0 bridgehead atoms. The Labute approximate surface area is 127 Å². The molecule has 3 aromatic rings. The molecule has 1 N–H and O–H groups in total. The quantitative estimate of drug-likeness (QED) is 0.733. The average molecular weight is 297 g/mol. The molecule has 0 aliphatic carbocycles. The van der Waals surface area contributed by atoms with Gasteiger partial charge in [0.05, 0.1) is 13.2 Å². The largest absolute Gasteiger partial charge is 0.493 e. The first-order valence-electron chi connectivity index (χ1n) is 6.96. The van der Waals surface area contributed by atoms with Crippen molar-refractivity contribution in [2.24, 2.45) is 5.18 Å². The first kappa shape index (κ1) is 14.2. The van der Waals surface area contributed by atoms with E-state index < -0.39 is 0 Å². The fourth-order valence-electron chi connectivity index (χ4n) is 2.38. The molecule has 0 aliphatic rings. The predicted molar refractivity (Wildman–Crippen MR) is 83.2 cm³/mol. The topological polar surface area (TPSA) is 76.2 Å². The van der Waals surface area contributed by atoms with Crippen LogP contribution in [0.4, 0.5) is 5.82 Å². The van der Waals surface area contributed by atoms with Gasteiger partial charge >= 0.3 is 0 Å². The van der Waals surface area contributed by atoms with Crippen LogP contribution in [0.15, 0.2) is 47.8 Å². The number of aliphatic hydroxyl groups is 1. The monoisotopic (exact) mass is 297 g/mol. The van der Waals surface area contributed by atoms with E-state index in [1.165, 1.54) is 0 Å². The van der Waals surface area contributed by atoms with E-state index in [1.807, 2.05) is 31.2 Å². The van der Waals surface area contributed by atoms with Gasteiger partial charge in [-0.1, -0.05) is 12.1 Å².